The predicted molar refractivity (Wildman–Crippen MR) is 108 cm³/mol. The Labute approximate surface area is 177 Å². The monoisotopic (exact) mass is 417 g/mol. The normalized spacial score (nSPS) is 14.8. The molecule has 1 aliphatic rings. The van der Waals surface area contributed by atoms with E-state index in [-0.39, 0.29) is 30.4 Å². The summed E-state index contributed by atoms with van der Waals surface area (Å²) in [5, 5.41) is 11.8. The molecule has 1 aliphatic heterocycles. The van der Waals surface area contributed by atoms with Gasteiger partial charge in [0.25, 0.3) is 5.91 Å². The standard InChI is InChI=1S/C24H17F2N3O2/c25-18-8-5-15(6-9-18)14-29-22(19-3-1-2-4-20(19)24(29)31)23(30)28-13-16-7-10-21(26)17(11-16)12-27/h1-11,22H,13-14H2,(H,28,30). The second-order valence-corrected chi connectivity index (χ2v) is 7.19. The van der Waals surface area contributed by atoms with Crippen molar-refractivity contribution in [3.63, 3.8) is 0 Å². The Morgan fingerprint density at radius 1 is 1.03 bits per heavy atom. The van der Waals surface area contributed by atoms with E-state index < -0.39 is 17.8 Å². The summed E-state index contributed by atoms with van der Waals surface area (Å²) in [6.07, 6.45) is 0. The highest BCUT2D eigenvalue weighted by Gasteiger charge is 2.40. The molecule has 3 aromatic carbocycles. The molecule has 1 heterocycles. The van der Waals surface area contributed by atoms with Gasteiger partial charge in [-0.15, -0.1) is 0 Å². The number of nitrogens with zero attached hydrogens (tertiary/aromatic N) is 2. The minimum Gasteiger partial charge on any atom is -0.350 e. The van der Waals surface area contributed by atoms with Crippen LogP contribution in [0.3, 0.4) is 0 Å². The van der Waals surface area contributed by atoms with Crippen LogP contribution in [0.4, 0.5) is 8.78 Å². The molecule has 0 saturated heterocycles. The largest absolute Gasteiger partial charge is 0.350 e. The van der Waals surface area contributed by atoms with E-state index in [0.717, 1.165) is 0 Å². The van der Waals surface area contributed by atoms with Gasteiger partial charge in [-0.25, -0.2) is 8.78 Å². The molecule has 5 nitrogen and oxygen atoms in total. The summed E-state index contributed by atoms with van der Waals surface area (Å²) in [5.41, 5.74) is 2.18. The molecule has 1 unspecified atom stereocenters. The summed E-state index contributed by atoms with van der Waals surface area (Å²) >= 11 is 0. The van der Waals surface area contributed by atoms with Crippen LogP contribution < -0.4 is 5.32 Å². The first-order valence-corrected chi connectivity index (χ1v) is 9.58. The van der Waals surface area contributed by atoms with Gasteiger partial charge in [-0.05, 0) is 47.0 Å². The smallest absolute Gasteiger partial charge is 0.255 e. The summed E-state index contributed by atoms with van der Waals surface area (Å²) in [6.45, 7) is 0.214. The number of hydrogen-bond donors (Lipinski definition) is 1. The van der Waals surface area contributed by atoms with Crippen molar-refractivity contribution in [2.45, 2.75) is 19.1 Å². The second-order valence-electron chi connectivity index (χ2n) is 7.19. The number of carbonyl (C=O) groups is 2. The summed E-state index contributed by atoms with van der Waals surface area (Å²) < 4.78 is 26.8. The summed E-state index contributed by atoms with van der Waals surface area (Å²) in [5.74, 6) is -1.69. The van der Waals surface area contributed by atoms with Crippen LogP contribution in [0.25, 0.3) is 0 Å². The molecule has 0 aliphatic carbocycles. The maximum atomic E-state index is 13.5. The van der Waals surface area contributed by atoms with Crippen molar-refractivity contribution in [1.82, 2.24) is 10.2 Å². The Balaban J connectivity index is 1.58. The minimum atomic E-state index is -0.857. The molecule has 0 spiro atoms. The van der Waals surface area contributed by atoms with Crippen molar-refractivity contribution < 1.29 is 18.4 Å². The lowest BCUT2D eigenvalue weighted by molar-refractivity contribution is -0.125. The topological polar surface area (TPSA) is 73.2 Å². The number of nitrogens with one attached hydrogen (secondary N) is 1. The van der Waals surface area contributed by atoms with E-state index in [9.17, 15) is 18.4 Å². The van der Waals surface area contributed by atoms with E-state index in [2.05, 4.69) is 5.32 Å². The Kier molecular flexibility index (Phi) is 5.46. The first-order chi connectivity index (χ1) is 15.0. The molecule has 3 aromatic rings. The molecule has 0 saturated carbocycles. The van der Waals surface area contributed by atoms with Crippen molar-refractivity contribution in [3.8, 4) is 6.07 Å². The van der Waals surface area contributed by atoms with Gasteiger partial charge in [-0.3, -0.25) is 9.59 Å². The van der Waals surface area contributed by atoms with Gasteiger partial charge < -0.3 is 10.2 Å². The van der Waals surface area contributed by atoms with Crippen LogP contribution in [0.1, 0.15) is 38.7 Å². The third kappa shape index (κ3) is 4.01. The molecule has 2 amide bonds. The van der Waals surface area contributed by atoms with Crippen molar-refractivity contribution in [3.05, 3.63) is 106 Å². The molecular formula is C24H17F2N3O2. The highest BCUT2D eigenvalue weighted by atomic mass is 19.1. The Bertz CT molecular complexity index is 1200. The van der Waals surface area contributed by atoms with Crippen LogP contribution in [0.15, 0.2) is 66.7 Å². The van der Waals surface area contributed by atoms with Gasteiger partial charge >= 0.3 is 0 Å². The number of carbonyl (C=O) groups excluding carboxylic acids is 2. The summed E-state index contributed by atoms with van der Waals surface area (Å²) in [6, 6.07) is 17.6. The number of rotatable bonds is 5. The number of amides is 2. The fraction of sp³-hybridized carbons (Fsp3) is 0.125. The molecule has 31 heavy (non-hydrogen) atoms. The predicted octanol–water partition coefficient (Wildman–Crippen LogP) is 3.85. The van der Waals surface area contributed by atoms with E-state index in [1.165, 1.54) is 35.2 Å². The fourth-order valence-electron chi connectivity index (χ4n) is 3.66. The molecule has 0 radical (unpaired) electrons. The Hall–Kier alpha value is -4.05. The molecule has 0 fully saturated rings. The van der Waals surface area contributed by atoms with Gasteiger partial charge in [0.15, 0.2) is 0 Å². The number of hydrogen-bond acceptors (Lipinski definition) is 3. The number of fused-ring (bicyclic) bond motifs is 1. The minimum absolute atomic E-state index is 0.0744. The van der Waals surface area contributed by atoms with Crippen LogP contribution in [0, 0.1) is 23.0 Å². The van der Waals surface area contributed by atoms with E-state index in [4.69, 9.17) is 5.26 Å². The Morgan fingerprint density at radius 3 is 2.48 bits per heavy atom. The number of nitriles is 1. The number of halogens is 2. The molecule has 0 bridgehead atoms. The van der Waals surface area contributed by atoms with Gasteiger partial charge in [-0.2, -0.15) is 5.26 Å². The summed E-state index contributed by atoms with van der Waals surface area (Å²) in [7, 11) is 0. The first-order valence-electron chi connectivity index (χ1n) is 9.58. The van der Waals surface area contributed by atoms with Gasteiger partial charge in [0.05, 0.1) is 5.56 Å². The quantitative estimate of drug-likeness (QED) is 0.685. The molecular weight excluding hydrogens is 400 g/mol. The van der Waals surface area contributed by atoms with Gasteiger partial charge in [0.1, 0.15) is 23.7 Å². The lowest BCUT2D eigenvalue weighted by Gasteiger charge is -2.25. The van der Waals surface area contributed by atoms with E-state index in [0.29, 0.717) is 22.3 Å². The van der Waals surface area contributed by atoms with Crippen LogP contribution in [0.5, 0.6) is 0 Å². The average molecular weight is 417 g/mol. The van der Waals surface area contributed by atoms with Crippen molar-refractivity contribution in [2.75, 3.05) is 0 Å². The van der Waals surface area contributed by atoms with E-state index in [1.54, 1.807) is 42.5 Å². The second kappa shape index (κ2) is 8.36. The molecule has 1 atom stereocenters. The number of benzene rings is 3. The maximum absolute atomic E-state index is 13.5. The highest BCUT2D eigenvalue weighted by molar-refractivity contribution is 6.04. The zero-order chi connectivity index (χ0) is 22.0. The zero-order valence-corrected chi connectivity index (χ0v) is 16.3. The average Bonchev–Trinajstić information content (AvgIpc) is 3.06. The first kappa shape index (κ1) is 20.2. The zero-order valence-electron chi connectivity index (χ0n) is 16.3. The van der Waals surface area contributed by atoms with E-state index in [1.807, 2.05) is 0 Å². The van der Waals surface area contributed by atoms with Gasteiger partial charge in [0, 0.05) is 18.7 Å². The van der Waals surface area contributed by atoms with Gasteiger partial charge in [0.2, 0.25) is 5.91 Å². The van der Waals surface area contributed by atoms with E-state index >= 15 is 0 Å². The summed E-state index contributed by atoms with van der Waals surface area (Å²) in [4.78, 5) is 27.5. The van der Waals surface area contributed by atoms with Crippen LogP contribution >= 0.6 is 0 Å². The van der Waals surface area contributed by atoms with Crippen LogP contribution in [-0.4, -0.2) is 16.7 Å². The van der Waals surface area contributed by atoms with Gasteiger partial charge in [-0.1, -0.05) is 36.4 Å². The lowest BCUT2D eigenvalue weighted by Crippen LogP contribution is -2.38. The third-order valence-corrected chi connectivity index (χ3v) is 5.19. The maximum Gasteiger partial charge on any atom is 0.255 e. The van der Waals surface area contributed by atoms with Crippen molar-refractivity contribution in [2.24, 2.45) is 0 Å². The lowest BCUT2D eigenvalue weighted by atomic mass is 10.0. The highest BCUT2D eigenvalue weighted by Crippen LogP contribution is 2.35. The Morgan fingerprint density at radius 2 is 1.74 bits per heavy atom. The molecule has 4 rings (SSSR count). The van der Waals surface area contributed by atoms with Crippen LogP contribution in [-0.2, 0) is 17.9 Å². The molecule has 0 aromatic heterocycles. The van der Waals surface area contributed by atoms with Crippen molar-refractivity contribution in [1.29, 1.82) is 5.26 Å². The van der Waals surface area contributed by atoms with Crippen LogP contribution in [0.2, 0.25) is 0 Å². The molecule has 1 N–H and O–H groups in total. The molecule has 154 valence electrons. The van der Waals surface area contributed by atoms with Crippen molar-refractivity contribution >= 4 is 11.8 Å². The SMILES string of the molecule is N#Cc1cc(CNC(=O)C2c3ccccc3C(=O)N2Cc2ccc(F)cc2)ccc1F. The fourth-order valence-corrected chi connectivity index (χ4v) is 3.66. The molecule has 7 heteroatoms. The third-order valence-electron chi connectivity index (χ3n) is 5.19.